The predicted octanol–water partition coefficient (Wildman–Crippen LogP) is 2.63. The largest absolute Gasteiger partial charge is 0.464 e. The van der Waals surface area contributed by atoms with Gasteiger partial charge in [0.15, 0.2) is 0 Å². The van der Waals surface area contributed by atoms with E-state index in [0.717, 1.165) is 11.3 Å². The van der Waals surface area contributed by atoms with Crippen LogP contribution in [0.15, 0.2) is 35.2 Å². The summed E-state index contributed by atoms with van der Waals surface area (Å²) >= 11 is 3.09. The maximum Gasteiger partial charge on any atom is 0.329 e. The van der Waals surface area contributed by atoms with Crippen molar-refractivity contribution in [1.29, 1.82) is 0 Å². The summed E-state index contributed by atoms with van der Waals surface area (Å²) in [4.78, 5) is 26.9. The summed E-state index contributed by atoms with van der Waals surface area (Å²) in [5.74, 6) is 1.26. The number of hydrogen-bond acceptors (Lipinski definition) is 5. The van der Waals surface area contributed by atoms with E-state index in [9.17, 15) is 9.59 Å². The summed E-state index contributed by atoms with van der Waals surface area (Å²) < 4.78 is 5.17. The van der Waals surface area contributed by atoms with E-state index >= 15 is 0 Å². The van der Waals surface area contributed by atoms with E-state index in [1.807, 2.05) is 37.3 Å². The number of benzene rings is 1. The fourth-order valence-electron chi connectivity index (χ4n) is 1.93. The van der Waals surface area contributed by atoms with Crippen molar-refractivity contribution in [1.82, 2.24) is 4.90 Å². The third-order valence-electron chi connectivity index (χ3n) is 3.03. The molecular weight excluding hydrogens is 306 g/mol. The van der Waals surface area contributed by atoms with Gasteiger partial charge in [-0.1, -0.05) is 25.1 Å². The second-order valence-electron chi connectivity index (χ2n) is 4.65. The van der Waals surface area contributed by atoms with Gasteiger partial charge < -0.3 is 9.64 Å². The molecule has 0 spiro atoms. The Morgan fingerprint density at radius 3 is 2.86 bits per heavy atom. The zero-order valence-electron chi connectivity index (χ0n) is 12.0. The summed E-state index contributed by atoms with van der Waals surface area (Å²) in [6, 6.07) is 9.37. The quantitative estimate of drug-likeness (QED) is 0.594. The second kappa shape index (κ2) is 8.34. The first kappa shape index (κ1) is 16.2. The highest BCUT2D eigenvalue weighted by Gasteiger charge is 2.35. The molecule has 1 aromatic carbocycles. The summed E-state index contributed by atoms with van der Waals surface area (Å²) in [5, 5.41) is 0. The molecule has 0 bridgehead atoms. The van der Waals surface area contributed by atoms with Gasteiger partial charge in [0.1, 0.15) is 6.04 Å². The van der Waals surface area contributed by atoms with Gasteiger partial charge in [-0.3, -0.25) is 4.79 Å². The SMILES string of the molecule is CCCOC(=O)C1CSCN1C(=O)CSc1ccccc1. The number of carbonyl (C=O) groups excluding carboxylic acids is 2. The Hall–Kier alpha value is -1.14. The Bertz CT molecular complexity index is 481. The number of hydrogen-bond donors (Lipinski definition) is 0. The van der Waals surface area contributed by atoms with E-state index in [2.05, 4.69) is 0 Å². The van der Waals surface area contributed by atoms with Crippen LogP contribution in [-0.2, 0) is 14.3 Å². The lowest BCUT2D eigenvalue weighted by molar-refractivity contribution is -0.152. The van der Waals surface area contributed by atoms with Crippen molar-refractivity contribution in [2.75, 3.05) is 24.0 Å². The fourth-order valence-corrected chi connectivity index (χ4v) is 3.90. The number of rotatable bonds is 6. The minimum absolute atomic E-state index is 0.00713. The standard InChI is InChI=1S/C15H19NO3S2/c1-2-8-19-15(18)13-9-20-11-16(13)14(17)10-21-12-6-4-3-5-7-12/h3-7,13H,2,8-11H2,1H3. The van der Waals surface area contributed by atoms with Crippen molar-refractivity contribution in [2.45, 2.75) is 24.3 Å². The van der Waals surface area contributed by atoms with Gasteiger partial charge in [-0.2, -0.15) is 0 Å². The first-order chi connectivity index (χ1) is 10.2. The maximum absolute atomic E-state index is 12.3. The van der Waals surface area contributed by atoms with Crippen LogP contribution >= 0.6 is 23.5 Å². The summed E-state index contributed by atoms with van der Waals surface area (Å²) in [5.41, 5.74) is 0. The molecule has 0 saturated carbocycles. The van der Waals surface area contributed by atoms with E-state index in [1.165, 1.54) is 11.8 Å². The molecule has 6 heteroatoms. The van der Waals surface area contributed by atoms with E-state index in [1.54, 1.807) is 16.7 Å². The Kier molecular flexibility index (Phi) is 6.45. The lowest BCUT2D eigenvalue weighted by Crippen LogP contribution is -2.43. The van der Waals surface area contributed by atoms with Crippen LogP contribution in [0.3, 0.4) is 0 Å². The number of nitrogens with zero attached hydrogens (tertiary/aromatic N) is 1. The molecule has 21 heavy (non-hydrogen) atoms. The summed E-state index contributed by atoms with van der Waals surface area (Å²) in [6.45, 7) is 2.37. The molecule has 114 valence electrons. The first-order valence-electron chi connectivity index (χ1n) is 6.94. The van der Waals surface area contributed by atoms with Gasteiger partial charge in [-0.15, -0.1) is 23.5 Å². The molecular formula is C15H19NO3S2. The number of ether oxygens (including phenoxy) is 1. The van der Waals surface area contributed by atoms with E-state index in [0.29, 0.717) is 24.0 Å². The monoisotopic (exact) mass is 325 g/mol. The van der Waals surface area contributed by atoms with Crippen LogP contribution in [0.1, 0.15) is 13.3 Å². The van der Waals surface area contributed by atoms with Gasteiger partial charge in [-0.05, 0) is 18.6 Å². The van der Waals surface area contributed by atoms with Gasteiger partial charge in [-0.25, -0.2) is 4.79 Å². The second-order valence-corrected chi connectivity index (χ2v) is 6.70. The molecule has 1 saturated heterocycles. The van der Waals surface area contributed by atoms with Crippen LogP contribution in [0.5, 0.6) is 0 Å². The van der Waals surface area contributed by atoms with Crippen molar-refractivity contribution in [3.05, 3.63) is 30.3 Å². The van der Waals surface area contributed by atoms with Crippen LogP contribution in [0.4, 0.5) is 0 Å². The highest BCUT2D eigenvalue weighted by molar-refractivity contribution is 8.00. The van der Waals surface area contributed by atoms with Crippen molar-refractivity contribution in [3.63, 3.8) is 0 Å². The average Bonchev–Trinajstić information content (AvgIpc) is 3.01. The predicted molar refractivity (Wildman–Crippen MR) is 86.4 cm³/mol. The topological polar surface area (TPSA) is 46.6 Å². The normalized spacial score (nSPS) is 17.8. The van der Waals surface area contributed by atoms with Crippen molar-refractivity contribution >= 4 is 35.4 Å². The molecule has 2 rings (SSSR count). The fraction of sp³-hybridized carbons (Fsp3) is 0.467. The first-order valence-corrected chi connectivity index (χ1v) is 9.08. The van der Waals surface area contributed by atoms with Gasteiger partial charge >= 0.3 is 5.97 Å². The molecule has 1 amide bonds. The van der Waals surface area contributed by atoms with Gasteiger partial charge in [0.05, 0.1) is 18.2 Å². The highest BCUT2D eigenvalue weighted by atomic mass is 32.2. The van der Waals surface area contributed by atoms with Crippen molar-refractivity contribution in [2.24, 2.45) is 0 Å². The van der Waals surface area contributed by atoms with Crippen LogP contribution in [0, 0.1) is 0 Å². The molecule has 1 aliphatic heterocycles. The summed E-state index contributed by atoms with van der Waals surface area (Å²) in [7, 11) is 0. The van der Waals surface area contributed by atoms with Crippen LogP contribution < -0.4 is 0 Å². The average molecular weight is 325 g/mol. The summed E-state index contributed by atoms with van der Waals surface area (Å²) in [6.07, 6.45) is 0.795. The van der Waals surface area contributed by atoms with Crippen molar-refractivity contribution in [3.8, 4) is 0 Å². The Morgan fingerprint density at radius 1 is 1.38 bits per heavy atom. The molecule has 1 heterocycles. The Balaban J connectivity index is 1.87. The molecule has 1 unspecified atom stereocenters. The number of thioether (sulfide) groups is 2. The van der Waals surface area contributed by atoms with Crippen LogP contribution in [0.25, 0.3) is 0 Å². The zero-order valence-corrected chi connectivity index (χ0v) is 13.6. The molecule has 0 radical (unpaired) electrons. The minimum atomic E-state index is -0.426. The third-order valence-corrected chi connectivity index (χ3v) is 5.04. The van der Waals surface area contributed by atoms with Crippen molar-refractivity contribution < 1.29 is 14.3 Å². The molecule has 4 nitrogen and oxygen atoms in total. The number of amides is 1. The van der Waals surface area contributed by atoms with E-state index < -0.39 is 6.04 Å². The lowest BCUT2D eigenvalue weighted by atomic mass is 10.3. The smallest absolute Gasteiger partial charge is 0.329 e. The van der Waals surface area contributed by atoms with E-state index in [4.69, 9.17) is 4.74 Å². The van der Waals surface area contributed by atoms with Gasteiger partial charge in [0, 0.05) is 10.6 Å². The molecule has 0 aromatic heterocycles. The number of carbonyl (C=O) groups is 2. The van der Waals surface area contributed by atoms with E-state index in [-0.39, 0.29) is 11.9 Å². The molecule has 0 N–H and O–H groups in total. The molecule has 1 atom stereocenters. The van der Waals surface area contributed by atoms with Crippen LogP contribution in [0.2, 0.25) is 0 Å². The highest BCUT2D eigenvalue weighted by Crippen LogP contribution is 2.24. The third kappa shape index (κ3) is 4.68. The lowest BCUT2D eigenvalue weighted by Gasteiger charge is -2.22. The zero-order chi connectivity index (χ0) is 15.1. The number of esters is 1. The molecule has 1 aromatic rings. The minimum Gasteiger partial charge on any atom is -0.464 e. The van der Waals surface area contributed by atoms with Gasteiger partial charge in [0.2, 0.25) is 5.91 Å². The Labute approximate surface area is 133 Å². The molecule has 1 aliphatic rings. The molecule has 1 fully saturated rings. The Morgan fingerprint density at radius 2 is 2.14 bits per heavy atom. The molecule has 0 aliphatic carbocycles. The van der Waals surface area contributed by atoms with Gasteiger partial charge in [0.25, 0.3) is 0 Å². The van der Waals surface area contributed by atoms with Crippen LogP contribution in [-0.4, -0.2) is 46.8 Å². The maximum atomic E-state index is 12.3.